The number of pyridine rings is 2. The number of rotatable bonds is 8. The normalized spacial score (nSPS) is 10.3. The van der Waals surface area contributed by atoms with Crippen LogP contribution < -0.4 is 4.74 Å². The molecule has 0 fully saturated rings. The molecule has 0 aliphatic carbocycles. The molecular formula is C33H42N2O3. The van der Waals surface area contributed by atoms with Gasteiger partial charge in [-0.2, -0.15) is 0 Å². The molecule has 2 aromatic carbocycles. The van der Waals surface area contributed by atoms with Crippen LogP contribution in [-0.2, 0) is 0 Å². The van der Waals surface area contributed by atoms with Gasteiger partial charge in [0.25, 0.3) is 0 Å². The fourth-order valence-electron chi connectivity index (χ4n) is 4.57. The second-order valence-electron chi connectivity index (χ2n) is 9.28. The summed E-state index contributed by atoms with van der Waals surface area (Å²) in [6.07, 6.45) is 8.42. The van der Waals surface area contributed by atoms with Crippen LogP contribution >= 0.6 is 0 Å². The van der Waals surface area contributed by atoms with E-state index in [2.05, 4.69) is 62.7 Å². The molecule has 2 heterocycles. The molecule has 0 aliphatic heterocycles. The fourth-order valence-corrected chi connectivity index (χ4v) is 4.57. The van der Waals surface area contributed by atoms with Crippen LogP contribution in [0.25, 0.3) is 27.7 Å². The number of hydrogen-bond donors (Lipinski definition) is 2. The van der Waals surface area contributed by atoms with Gasteiger partial charge in [0, 0.05) is 36.0 Å². The number of methoxy groups -OCH3 is 1. The quantitative estimate of drug-likeness (QED) is 0.247. The molecule has 0 amide bonds. The van der Waals surface area contributed by atoms with Crippen LogP contribution in [0.3, 0.4) is 0 Å². The second kappa shape index (κ2) is 15.5. The summed E-state index contributed by atoms with van der Waals surface area (Å²) in [5.41, 5.74) is 7.16. The average Bonchev–Trinajstić information content (AvgIpc) is 2.93. The third kappa shape index (κ3) is 7.90. The van der Waals surface area contributed by atoms with Crippen LogP contribution in [0.2, 0.25) is 0 Å². The maximum absolute atomic E-state index is 9.40. The summed E-state index contributed by atoms with van der Waals surface area (Å²) in [5.74, 6) is 1.76. The first-order valence-corrected chi connectivity index (χ1v) is 13.2. The van der Waals surface area contributed by atoms with Crippen molar-refractivity contribution in [2.75, 3.05) is 14.2 Å². The Hall–Kier alpha value is -3.70. The highest BCUT2D eigenvalue weighted by Gasteiger charge is 2.17. The van der Waals surface area contributed by atoms with Crippen LogP contribution in [0, 0.1) is 6.92 Å². The van der Waals surface area contributed by atoms with E-state index in [-0.39, 0.29) is 0 Å². The zero-order chi connectivity index (χ0) is 28.1. The molecule has 5 heteroatoms. The Morgan fingerprint density at radius 1 is 1.00 bits per heavy atom. The maximum Gasteiger partial charge on any atom is 0.153 e. The summed E-state index contributed by atoms with van der Waals surface area (Å²) < 4.78 is 5.68. The van der Waals surface area contributed by atoms with Crippen LogP contribution in [0.4, 0.5) is 0 Å². The number of aryl methyl sites for hydroxylation is 1. The summed E-state index contributed by atoms with van der Waals surface area (Å²) in [4.78, 5) is 8.99. The van der Waals surface area contributed by atoms with E-state index in [1.807, 2.05) is 31.3 Å². The van der Waals surface area contributed by atoms with Gasteiger partial charge in [-0.3, -0.25) is 4.98 Å². The van der Waals surface area contributed by atoms with Gasteiger partial charge in [-0.15, -0.1) is 0 Å². The van der Waals surface area contributed by atoms with E-state index < -0.39 is 0 Å². The number of aromatic nitrogens is 2. The van der Waals surface area contributed by atoms with Gasteiger partial charge in [-0.1, -0.05) is 75.2 Å². The first-order chi connectivity index (χ1) is 18.4. The molecule has 202 valence electrons. The smallest absolute Gasteiger partial charge is 0.153 e. The first kappa shape index (κ1) is 30.5. The van der Waals surface area contributed by atoms with E-state index in [1.165, 1.54) is 36.8 Å². The van der Waals surface area contributed by atoms with Gasteiger partial charge in [-0.25, -0.2) is 4.98 Å². The predicted octanol–water partition coefficient (Wildman–Crippen LogP) is 8.33. The molecule has 0 bridgehead atoms. The van der Waals surface area contributed by atoms with Crippen molar-refractivity contribution in [3.63, 3.8) is 0 Å². The highest BCUT2D eigenvalue weighted by molar-refractivity contribution is 5.96. The van der Waals surface area contributed by atoms with Gasteiger partial charge >= 0.3 is 0 Å². The number of fused-ring (bicyclic) bond motifs is 1. The van der Waals surface area contributed by atoms with E-state index in [1.54, 1.807) is 19.4 Å². The van der Waals surface area contributed by atoms with E-state index >= 15 is 0 Å². The van der Waals surface area contributed by atoms with E-state index in [0.29, 0.717) is 11.7 Å². The SMILES string of the molecule is C=C(C)c1c(OC)c(-c2ccc(C)cc2)nc2ccncc12.CCCC(CCC)c1cccc(O)c1.CO. The number of ether oxygens (including phenoxy) is 1. The van der Waals surface area contributed by atoms with E-state index in [9.17, 15) is 5.11 Å². The topological polar surface area (TPSA) is 75.5 Å². The zero-order valence-electron chi connectivity index (χ0n) is 23.7. The lowest BCUT2D eigenvalue weighted by atomic mass is 9.90. The number of aliphatic hydroxyl groups excluding tert-OH is 1. The Balaban J connectivity index is 0.000000274. The van der Waals surface area contributed by atoms with Crippen molar-refractivity contribution < 1.29 is 14.9 Å². The minimum absolute atomic E-state index is 0.389. The minimum atomic E-state index is 0.389. The molecular weight excluding hydrogens is 472 g/mol. The maximum atomic E-state index is 9.40. The molecule has 5 nitrogen and oxygen atoms in total. The van der Waals surface area contributed by atoms with Crippen molar-refractivity contribution in [2.24, 2.45) is 0 Å². The molecule has 4 rings (SSSR count). The Kier molecular flexibility index (Phi) is 12.5. The molecule has 4 aromatic rings. The van der Waals surface area contributed by atoms with Crippen molar-refractivity contribution in [1.82, 2.24) is 9.97 Å². The largest absolute Gasteiger partial charge is 0.508 e. The minimum Gasteiger partial charge on any atom is -0.508 e. The molecule has 2 N–H and O–H groups in total. The third-order valence-corrected chi connectivity index (χ3v) is 6.31. The third-order valence-electron chi connectivity index (χ3n) is 6.31. The highest BCUT2D eigenvalue weighted by atomic mass is 16.5. The van der Waals surface area contributed by atoms with Gasteiger partial charge in [0.1, 0.15) is 11.4 Å². The van der Waals surface area contributed by atoms with Crippen LogP contribution in [0.5, 0.6) is 11.5 Å². The van der Waals surface area contributed by atoms with Crippen molar-refractivity contribution in [3.8, 4) is 22.8 Å². The fraction of sp³-hybridized carbons (Fsp3) is 0.333. The first-order valence-electron chi connectivity index (χ1n) is 13.2. The lowest BCUT2D eigenvalue weighted by Crippen LogP contribution is -1.98. The number of allylic oxidation sites excluding steroid dienone is 1. The molecule has 0 radical (unpaired) electrons. The van der Waals surface area contributed by atoms with Gasteiger partial charge in [0.15, 0.2) is 5.75 Å². The second-order valence-corrected chi connectivity index (χ2v) is 9.28. The highest BCUT2D eigenvalue weighted by Crippen LogP contribution is 2.39. The number of nitrogens with zero attached hydrogens (tertiary/aromatic N) is 2. The van der Waals surface area contributed by atoms with Crippen molar-refractivity contribution in [1.29, 1.82) is 0 Å². The lowest BCUT2D eigenvalue weighted by molar-refractivity contribution is 0.399. The molecule has 0 saturated heterocycles. The number of phenols is 1. The molecule has 0 spiro atoms. The van der Waals surface area contributed by atoms with Crippen LogP contribution in [0.1, 0.15) is 69.1 Å². The van der Waals surface area contributed by atoms with Crippen LogP contribution in [0.15, 0.2) is 73.6 Å². The Labute approximate surface area is 227 Å². The molecule has 0 saturated carbocycles. The summed E-state index contributed by atoms with van der Waals surface area (Å²) in [6.45, 7) is 12.6. The molecule has 2 aromatic heterocycles. The van der Waals surface area contributed by atoms with E-state index in [4.69, 9.17) is 14.8 Å². The Bertz CT molecular complexity index is 1290. The van der Waals surface area contributed by atoms with Crippen molar-refractivity contribution >= 4 is 16.5 Å². The monoisotopic (exact) mass is 514 g/mol. The summed E-state index contributed by atoms with van der Waals surface area (Å²) in [6, 6.07) is 17.9. The lowest BCUT2D eigenvalue weighted by Gasteiger charge is -2.16. The predicted molar refractivity (Wildman–Crippen MR) is 160 cm³/mol. The number of hydrogen-bond acceptors (Lipinski definition) is 5. The van der Waals surface area contributed by atoms with Gasteiger partial charge in [0.2, 0.25) is 0 Å². The van der Waals surface area contributed by atoms with Gasteiger partial charge in [0.05, 0.1) is 12.6 Å². The molecule has 0 unspecified atom stereocenters. The number of phenolic OH excluding ortho intramolecular Hbond substituents is 1. The number of aliphatic hydroxyl groups is 1. The number of benzene rings is 2. The molecule has 0 atom stereocenters. The summed E-state index contributed by atoms with van der Waals surface area (Å²) >= 11 is 0. The van der Waals surface area contributed by atoms with E-state index in [0.717, 1.165) is 46.2 Å². The van der Waals surface area contributed by atoms with Crippen molar-refractivity contribution in [2.45, 2.75) is 59.3 Å². The summed E-state index contributed by atoms with van der Waals surface area (Å²) in [7, 11) is 2.67. The number of aromatic hydroxyl groups is 1. The van der Waals surface area contributed by atoms with Crippen LogP contribution in [-0.4, -0.2) is 34.4 Å². The standard InChI is InChI=1S/C19H18N2O.C13H20O.CH4O/c1-12(2)17-15-11-20-10-9-16(15)21-18(19(17)22-4)14-7-5-13(3)6-8-14;1-3-6-11(7-4-2)12-8-5-9-13(14)10-12;1-2/h5-11H,1H2,2-4H3;5,8-11,14H,3-4,6-7H2,1-2H3;2H,1H3. The average molecular weight is 515 g/mol. The van der Waals surface area contributed by atoms with Gasteiger partial charge < -0.3 is 14.9 Å². The molecule has 0 aliphatic rings. The Morgan fingerprint density at radius 2 is 1.66 bits per heavy atom. The Morgan fingerprint density at radius 3 is 2.21 bits per heavy atom. The van der Waals surface area contributed by atoms with Gasteiger partial charge in [-0.05, 0) is 61.9 Å². The molecule has 38 heavy (non-hydrogen) atoms. The van der Waals surface area contributed by atoms with Crippen molar-refractivity contribution in [3.05, 3.63) is 90.3 Å². The zero-order valence-corrected chi connectivity index (χ0v) is 23.7. The summed E-state index contributed by atoms with van der Waals surface area (Å²) in [5, 5.41) is 17.4.